The Kier molecular flexibility index (Phi) is 4.67. The molecule has 1 heterocycles. The van der Waals surface area contributed by atoms with Crippen LogP contribution in [0.5, 0.6) is 0 Å². The molecule has 0 bridgehead atoms. The Morgan fingerprint density at radius 3 is 2.82 bits per heavy atom. The third-order valence-corrected chi connectivity index (χ3v) is 2.77. The average Bonchev–Trinajstić information content (AvgIpc) is 2.53. The number of pyridine rings is 1. The second kappa shape index (κ2) is 6.85. The summed E-state index contributed by atoms with van der Waals surface area (Å²) in [4.78, 5) is 26.3. The van der Waals surface area contributed by atoms with E-state index in [4.69, 9.17) is 10.4 Å². The van der Waals surface area contributed by atoms with Gasteiger partial charge in [-0.25, -0.2) is 0 Å². The van der Waals surface area contributed by atoms with Gasteiger partial charge in [0, 0.05) is 17.8 Å². The minimum absolute atomic E-state index is 0.228. The van der Waals surface area contributed by atoms with E-state index in [0.29, 0.717) is 11.2 Å². The minimum atomic E-state index is -1.18. The number of carbonyl (C=O) groups is 2. The Balaban J connectivity index is 2.19. The normalized spacial score (nSPS) is 10.8. The van der Waals surface area contributed by atoms with E-state index in [9.17, 15) is 9.59 Å². The van der Waals surface area contributed by atoms with Gasteiger partial charge in [-0.05, 0) is 12.1 Å². The fourth-order valence-electron chi connectivity index (χ4n) is 1.77. The summed E-state index contributed by atoms with van der Waals surface area (Å²) >= 11 is 0. The molecule has 3 N–H and O–H groups in total. The van der Waals surface area contributed by atoms with E-state index >= 15 is 0 Å². The molecule has 7 heteroatoms. The molecule has 0 radical (unpaired) electrons. The zero-order chi connectivity index (χ0) is 15.9. The first-order valence-electron chi connectivity index (χ1n) is 6.32. The van der Waals surface area contributed by atoms with Gasteiger partial charge in [0.05, 0.1) is 11.2 Å². The number of hydrogen-bond donors (Lipinski definition) is 3. The van der Waals surface area contributed by atoms with Crippen molar-refractivity contribution in [1.29, 1.82) is 5.26 Å². The van der Waals surface area contributed by atoms with Crippen molar-refractivity contribution in [2.75, 3.05) is 11.9 Å². The number of carbonyl (C=O) groups excluding carboxylic acids is 1. The molecule has 0 unspecified atom stereocenters. The van der Waals surface area contributed by atoms with Crippen LogP contribution in [0.15, 0.2) is 48.3 Å². The summed E-state index contributed by atoms with van der Waals surface area (Å²) in [5, 5.41) is 23.4. The topological polar surface area (TPSA) is 115 Å². The first-order chi connectivity index (χ1) is 10.6. The van der Waals surface area contributed by atoms with Crippen molar-refractivity contribution in [1.82, 2.24) is 10.3 Å². The summed E-state index contributed by atoms with van der Waals surface area (Å²) in [7, 11) is 0. The van der Waals surface area contributed by atoms with E-state index in [-0.39, 0.29) is 5.57 Å². The van der Waals surface area contributed by atoms with Crippen LogP contribution in [0.25, 0.3) is 10.9 Å². The van der Waals surface area contributed by atoms with Crippen LogP contribution in [-0.2, 0) is 9.59 Å². The van der Waals surface area contributed by atoms with E-state index in [1.807, 2.05) is 24.3 Å². The summed E-state index contributed by atoms with van der Waals surface area (Å²) in [6, 6.07) is 10.9. The molecule has 110 valence electrons. The highest BCUT2D eigenvalue weighted by Crippen LogP contribution is 2.20. The van der Waals surface area contributed by atoms with Gasteiger partial charge in [-0.2, -0.15) is 5.26 Å². The number of aromatic nitrogens is 1. The molecular formula is C15H12N4O3. The van der Waals surface area contributed by atoms with Gasteiger partial charge < -0.3 is 15.7 Å². The Labute approximate surface area is 125 Å². The van der Waals surface area contributed by atoms with Crippen LogP contribution < -0.4 is 10.6 Å². The molecule has 7 nitrogen and oxygen atoms in total. The lowest BCUT2D eigenvalue weighted by Gasteiger charge is -2.06. The molecule has 1 aromatic carbocycles. The number of para-hydroxylation sites is 1. The zero-order valence-electron chi connectivity index (χ0n) is 11.4. The quantitative estimate of drug-likeness (QED) is 0.565. The number of fused-ring (bicyclic) bond motifs is 1. The zero-order valence-corrected chi connectivity index (χ0v) is 11.4. The Morgan fingerprint density at radius 1 is 1.32 bits per heavy atom. The molecule has 1 aromatic heterocycles. The number of amides is 1. The van der Waals surface area contributed by atoms with Crippen LogP contribution in [0.2, 0.25) is 0 Å². The van der Waals surface area contributed by atoms with Gasteiger partial charge in [-0.15, -0.1) is 0 Å². The van der Waals surface area contributed by atoms with Crippen LogP contribution in [0, 0.1) is 11.3 Å². The van der Waals surface area contributed by atoms with Crippen LogP contribution in [0.4, 0.5) is 5.69 Å². The molecule has 22 heavy (non-hydrogen) atoms. The summed E-state index contributed by atoms with van der Waals surface area (Å²) < 4.78 is 0. The van der Waals surface area contributed by atoms with Gasteiger partial charge in [0.1, 0.15) is 18.2 Å². The maximum Gasteiger partial charge on any atom is 0.322 e. The number of carboxylic acids is 1. The highest BCUT2D eigenvalue weighted by molar-refractivity contribution is 5.99. The SMILES string of the molecule is N#C/C(=C/Nc1cccc2cccnc12)C(=O)NCC(=O)O. The summed E-state index contributed by atoms with van der Waals surface area (Å²) in [5.41, 5.74) is 1.11. The molecule has 2 aromatic rings. The highest BCUT2D eigenvalue weighted by Gasteiger charge is 2.10. The van der Waals surface area contributed by atoms with E-state index in [1.165, 1.54) is 6.20 Å². The Bertz CT molecular complexity index is 787. The number of hydrogen-bond acceptors (Lipinski definition) is 5. The predicted octanol–water partition coefficient (Wildman–Crippen LogP) is 1.25. The fourth-order valence-corrected chi connectivity index (χ4v) is 1.77. The van der Waals surface area contributed by atoms with Crippen LogP contribution >= 0.6 is 0 Å². The lowest BCUT2D eigenvalue weighted by molar-refractivity contribution is -0.137. The molecule has 2 rings (SSSR count). The van der Waals surface area contributed by atoms with Gasteiger partial charge >= 0.3 is 5.97 Å². The second-order valence-corrected chi connectivity index (χ2v) is 4.27. The van der Waals surface area contributed by atoms with Gasteiger partial charge in [-0.1, -0.05) is 18.2 Å². The summed E-state index contributed by atoms with van der Waals surface area (Å²) in [6.45, 7) is -0.548. The lowest BCUT2D eigenvalue weighted by atomic mass is 10.2. The molecule has 0 fully saturated rings. The highest BCUT2D eigenvalue weighted by atomic mass is 16.4. The van der Waals surface area contributed by atoms with Crippen molar-refractivity contribution in [2.45, 2.75) is 0 Å². The molecule has 0 saturated carbocycles. The number of rotatable bonds is 5. The first-order valence-corrected chi connectivity index (χ1v) is 6.32. The van der Waals surface area contributed by atoms with Crippen LogP contribution in [0.1, 0.15) is 0 Å². The van der Waals surface area contributed by atoms with E-state index in [0.717, 1.165) is 5.39 Å². The van der Waals surface area contributed by atoms with Gasteiger partial charge in [0.2, 0.25) is 0 Å². The maximum atomic E-state index is 11.6. The van der Waals surface area contributed by atoms with Crippen molar-refractivity contribution in [2.24, 2.45) is 0 Å². The standard InChI is InChI=1S/C15H12N4O3/c16-7-11(15(22)19-9-13(20)21)8-18-12-5-1-3-10-4-2-6-17-14(10)12/h1-6,8,18H,9H2,(H,19,22)(H,20,21)/b11-8-. The Morgan fingerprint density at radius 2 is 2.09 bits per heavy atom. The maximum absolute atomic E-state index is 11.6. The molecule has 0 aliphatic rings. The van der Waals surface area contributed by atoms with Crippen molar-refractivity contribution >= 4 is 28.5 Å². The predicted molar refractivity (Wildman–Crippen MR) is 79.7 cm³/mol. The fraction of sp³-hybridized carbons (Fsp3) is 0.0667. The number of nitriles is 1. The minimum Gasteiger partial charge on any atom is -0.480 e. The number of nitrogens with zero attached hydrogens (tertiary/aromatic N) is 2. The molecule has 0 aliphatic heterocycles. The van der Waals surface area contributed by atoms with E-state index in [1.54, 1.807) is 18.3 Å². The Hall–Kier alpha value is -3.40. The van der Waals surface area contributed by atoms with E-state index < -0.39 is 18.4 Å². The van der Waals surface area contributed by atoms with Crippen molar-refractivity contribution in [3.8, 4) is 6.07 Å². The van der Waals surface area contributed by atoms with Gasteiger partial charge in [-0.3, -0.25) is 14.6 Å². The van der Waals surface area contributed by atoms with Gasteiger partial charge in [0.15, 0.2) is 0 Å². The molecule has 0 saturated heterocycles. The molecule has 0 aliphatic carbocycles. The summed E-state index contributed by atoms with van der Waals surface area (Å²) in [5.74, 6) is -1.94. The number of benzene rings is 1. The number of anilines is 1. The number of nitrogens with one attached hydrogen (secondary N) is 2. The molecule has 0 atom stereocenters. The number of carboxylic acid groups (broad SMARTS) is 1. The average molecular weight is 296 g/mol. The molecule has 1 amide bonds. The third-order valence-electron chi connectivity index (χ3n) is 2.77. The molecular weight excluding hydrogens is 284 g/mol. The van der Waals surface area contributed by atoms with Crippen LogP contribution in [-0.4, -0.2) is 28.5 Å². The van der Waals surface area contributed by atoms with E-state index in [2.05, 4.69) is 15.6 Å². The third kappa shape index (κ3) is 3.58. The largest absolute Gasteiger partial charge is 0.480 e. The lowest BCUT2D eigenvalue weighted by Crippen LogP contribution is -2.30. The van der Waals surface area contributed by atoms with Crippen molar-refractivity contribution in [3.63, 3.8) is 0 Å². The number of aliphatic carboxylic acids is 1. The first kappa shape index (κ1) is 15.0. The van der Waals surface area contributed by atoms with Crippen molar-refractivity contribution < 1.29 is 14.7 Å². The summed E-state index contributed by atoms with van der Waals surface area (Å²) in [6.07, 6.45) is 2.86. The van der Waals surface area contributed by atoms with Crippen LogP contribution in [0.3, 0.4) is 0 Å². The second-order valence-electron chi connectivity index (χ2n) is 4.27. The molecule has 0 spiro atoms. The smallest absolute Gasteiger partial charge is 0.322 e. The van der Waals surface area contributed by atoms with Gasteiger partial charge in [0.25, 0.3) is 5.91 Å². The monoisotopic (exact) mass is 296 g/mol. The van der Waals surface area contributed by atoms with Crippen molar-refractivity contribution in [3.05, 3.63) is 48.3 Å².